The third-order valence-corrected chi connectivity index (χ3v) is 3.19. The van der Waals surface area contributed by atoms with Crippen molar-refractivity contribution in [2.45, 2.75) is 25.3 Å². The summed E-state index contributed by atoms with van der Waals surface area (Å²) in [5.74, 6) is -0.344. The standard InChI is InChI=1S/C13H14N4O3/c14-6-1-7-16(9-2-3-9)13(18)11-8-10(17(19)20)4-5-12(11)15/h4-5,8-9H,1-3,7,15H2. The predicted molar refractivity (Wildman–Crippen MR) is 71.8 cm³/mol. The van der Waals surface area contributed by atoms with Crippen molar-refractivity contribution < 1.29 is 9.72 Å². The smallest absolute Gasteiger partial charge is 0.270 e. The monoisotopic (exact) mass is 274 g/mol. The summed E-state index contributed by atoms with van der Waals surface area (Å²) in [6.45, 7) is 0.322. The van der Waals surface area contributed by atoms with E-state index in [1.54, 1.807) is 4.90 Å². The Morgan fingerprint density at radius 1 is 1.55 bits per heavy atom. The van der Waals surface area contributed by atoms with Crippen molar-refractivity contribution in [3.05, 3.63) is 33.9 Å². The van der Waals surface area contributed by atoms with Crippen LogP contribution in [0, 0.1) is 21.4 Å². The van der Waals surface area contributed by atoms with Gasteiger partial charge in [0, 0.05) is 30.4 Å². The Labute approximate surface area is 115 Å². The number of nitro benzene ring substituents is 1. The fourth-order valence-corrected chi connectivity index (χ4v) is 2.00. The maximum absolute atomic E-state index is 12.4. The van der Waals surface area contributed by atoms with Gasteiger partial charge in [-0.15, -0.1) is 0 Å². The van der Waals surface area contributed by atoms with Crippen molar-refractivity contribution in [3.63, 3.8) is 0 Å². The molecule has 2 N–H and O–H groups in total. The number of non-ortho nitro benzene ring substituents is 1. The lowest BCUT2D eigenvalue weighted by atomic mass is 10.1. The van der Waals surface area contributed by atoms with Crippen LogP contribution in [0.1, 0.15) is 29.6 Å². The number of nitro groups is 1. The van der Waals surface area contributed by atoms with Crippen LogP contribution in [0.4, 0.5) is 11.4 Å². The Morgan fingerprint density at radius 3 is 2.80 bits per heavy atom. The third-order valence-electron chi connectivity index (χ3n) is 3.19. The second-order valence-electron chi connectivity index (χ2n) is 4.67. The normalized spacial score (nSPS) is 13.6. The number of nitrogens with two attached hydrogens (primary N) is 1. The van der Waals surface area contributed by atoms with Crippen molar-refractivity contribution in [1.29, 1.82) is 5.26 Å². The fourth-order valence-electron chi connectivity index (χ4n) is 2.00. The Balaban J connectivity index is 2.28. The molecule has 7 heteroatoms. The number of anilines is 1. The van der Waals surface area contributed by atoms with Gasteiger partial charge in [-0.2, -0.15) is 5.26 Å². The summed E-state index contributed by atoms with van der Waals surface area (Å²) >= 11 is 0. The Kier molecular flexibility index (Phi) is 3.84. The first-order chi connectivity index (χ1) is 9.54. The molecular weight excluding hydrogens is 260 g/mol. The highest BCUT2D eigenvalue weighted by atomic mass is 16.6. The number of hydrogen-bond donors (Lipinski definition) is 1. The molecule has 0 aromatic heterocycles. The molecule has 0 unspecified atom stereocenters. The number of nitrogen functional groups attached to an aromatic ring is 1. The first-order valence-electron chi connectivity index (χ1n) is 6.26. The molecule has 104 valence electrons. The van der Waals surface area contributed by atoms with Gasteiger partial charge in [0.15, 0.2) is 0 Å². The zero-order chi connectivity index (χ0) is 14.7. The van der Waals surface area contributed by atoms with Crippen LogP contribution in [-0.2, 0) is 0 Å². The van der Waals surface area contributed by atoms with E-state index < -0.39 is 4.92 Å². The van der Waals surface area contributed by atoms with Gasteiger partial charge >= 0.3 is 0 Å². The molecule has 2 rings (SSSR count). The van der Waals surface area contributed by atoms with Gasteiger partial charge in [-0.25, -0.2) is 0 Å². The van der Waals surface area contributed by atoms with Crippen LogP contribution < -0.4 is 5.73 Å². The van der Waals surface area contributed by atoms with E-state index in [0.29, 0.717) is 6.54 Å². The number of nitrogens with zero attached hydrogens (tertiary/aromatic N) is 3. The first-order valence-corrected chi connectivity index (χ1v) is 6.26. The van der Waals surface area contributed by atoms with Crippen molar-refractivity contribution in [2.75, 3.05) is 12.3 Å². The minimum atomic E-state index is -0.563. The van der Waals surface area contributed by atoms with Crippen LogP contribution in [0.3, 0.4) is 0 Å². The molecule has 0 saturated heterocycles. The first kappa shape index (κ1) is 13.8. The van der Waals surface area contributed by atoms with Crippen molar-refractivity contribution >= 4 is 17.3 Å². The second kappa shape index (κ2) is 5.57. The molecule has 0 bridgehead atoms. The van der Waals surface area contributed by atoms with E-state index in [-0.39, 0.29) is 35.3 Å². The number of amides is 1. The number of nitriles is 1. The van der Waals surface area contributed by atoms with Crippen LogP contribution in [-0.4, -0.2) is 28.3 Å². The summed E-state index contributed by atoms with van der Waals surface area (Å²) in [6, 6.07) is 5.94. The van der Waals surface area contributed by atoms with E-state index in [1.807, 2.05) is 6.07 Å². The number of rotatable bonds is 5. The zero-order valence-corrected chi connectivity index (χ0v) is 10.8. The fraction of sp³-hybridized carbons (Fsp3) is 0.385. The molecule has 1 fully saturated rings. The van der Waals surface area contributed by atoms with Gasteiger partial charge in [-0.3, -0.25) is 14.9 Å². The van der Waals surface area contributed by atoms with E-state index in [9.17, 15) is 14.9 Å². The minimum absolute atomic E-state index is 0.120. The van der Waals surface area contributed by atoms with Crippen molar-refractivity contribution in [1.82, 2.24) is 4.90 Å². The molecule has 0 spiro atoms. The molecule has 1 aliphatic rings. The largest absolute Gasteiger partial charge is 0.398 e. The maximum Gasteiger partial charge on any atom is 0.270 e. The molecule has 7 nitrogen and oxygen atoms in total. The van der Waals surface area contributed by atoms with Gasteiger partial charge in [0.2, 0.25) is 0 Å². The Bertz CT molecular complexity index is 590. The number of hydrogen-bond acceptors (Lipinski definition) is 5. The quantitative estimate of drug-likeness (QED) is 0.498. The van der Waals surface area contributed by atoms with Crippen LogP contribution >= 0.6 is 0 Å². The lowest BCUT2D eigenvalue weighted by molar-refractivity contribution is -0.384. The molecule has 20 heavy (non-hydrogen) atoms. The summed E-state index contributed by atoms with van der Waals surface area (Å²) in [7, 11) is 0. The summed E-state index contributed by atoms with van der Waals surface area (Å²) < 4.78 is 0. The molecule has 1 aromatic rings. The lowest BCUT2D eigenvalue weighted by Gasteiger charge is -2.21. The van der Waals surface area contributed by atoms with Gasteiger partial charge in [0.25, 0.3) is 11.6 Å². The van der Waals surface area contributed by atoms with Crippen LogP contribution in [0.5, 0.6) is 0 Å². The van der Waals surface area contributed by atoms with Crippen LogP contribution in [0.15, 0.2) is 18.2 Å². The summed E-state index contributed by atoms with van der Waals surface area (Å²) in [5.41, 5.74) is 5.91. The zero-order valence-electron chi connectivity index (χ0n) is 10.8. The van der Waals surface area contributed by atoms with Crippen molar-refractivity contribution in [2.24, 2.45) is 0 Å². The van der Waals surface area contributed by atoms with E-state index in [1.165, 1.54) is 18.2 Å². The van der Waals surface area contributed by atoms with Gasteiger partial charge in [-0.05, 0) is 18.9 Å². The molecule has 1 saturated carbocycles. The molecule has 0 aliphatic heterocycles. The summed E-state index contributed by atoms with van der Waals surface area (Å²) in [4.78, 5) is 24.2. The van der Waals surface area contributed by atoms with Gasteiger partial charge < -0.3 is 10.6 Å². The molecule has 1 aromatic carbocycles. The molecular formula is C13H14N4O3. The van der Waals surface area contributed by atoms with E-state index >= 15 is 0 Å². The molecule has 0 atom stereocenters. The predicted octanol–water partition coefficient (Wildman–Crippen LogP) is 1.70. The number of carbonyl (C=O) groups excluding carboxylic acids is 1. The third kappa shape index (κ3) is 2.85. The van der Waals surface area contributed by atoms with Gasteiger partial charge in [-0.1, -0.05) is 0 Å². The Hall–Kier alpha value is -2.62. The summed E-state index contributed by atoms with van der Waals surface area (Å²) in [5, 5.41) is 19.4. The highest BCUT2D eigenvalue weighted by Gasteiger charge is 2.33. The SMILES string of the molecule is N#CCCN(C(=O)c1cc([N+](=O)[O-])ccc1N)C1CC1. The van der Waals surface area contributed by atoms with Gasteiger partial charge in [0.05, 0.1) is 23.0 Å². The van der Waals surface area contributed by atoms with Crippen molar-refractivity contribution in [3.8, 4) is 6.07 Å². The molecule has 0 heterocycles. The van der Waals surface area contributed by atoms with E-state index in [4.69, 9.17) is 11.0 Å². The highest BCUT2D eigenvalue weighted by Crippen LogP contribution is 2.30. The lowest BCUT2D eigenvalue weighted by Crippen LogP contribution is -2.34. The summed E-state index contributed by atoms with van der Waals surface area (Å²) in [6.07, 6.45) is 2.02. The van der Waals surface area contributed by atoms with Gasteiger partial charge in [0.1, 0.15) is 0 Å². The second-order valence-corrected chi connectivity index (χ2v) is 4.67. The maximum atomic E-state index is 12.4. The molecule has 1 amide bonds. The molecule has 0 radical (unpaired) electrons. The minimum Gasteiger partial charge on any atom is -0.398 e. The number of carbonyl (C=O) groups is 1. The highest BCUT2D eigenvalue weighted by molar-refractivity contribution is 6.00. The van der Waals surface area contributed by atoms with E-state index in [0.717, 1.165) is 12.8 Å². The average molecular weight is 274 g/mol. The molecule has 1 aliphatic carbocycles. The number of benzene rings is 1. The van der Waals surface area contributed by atoms with Crippen LogP contribution in [0.2, 0.25) is 0 Å². The van der Waals surface area contributed by atoms with Crippen LogP contribution in [0.25, 0.3) is 0 Å². The Morgan fingerprint density at radius 2 is 2.25 bits per heavy atom. The average Bonchev–Trinajstić information content (AvgIpc) is 3.23. The topological polar surface area (TPSA) is 113 Å². The van der Waals surface area contributed by atoms with E-state index in [2.05, 4.69) is 0 Å².